The van der Waals surface area contributed by atoms with Crippen molar-refractivity contribution in [3.05, 3.63) is 18.2 Å². The van der Waals surface area contributed by atoms with Crippen LogP contribution in [-0.4, -0.2) is 30.7 Å². The second-order valence-electron chi connectivity index (χ2n) is 4.32. The number of primary sulfonamides is 1. The van der Waals surface area contributed by atoms with Crippen LogP contribution in [0.1, 0.15) is 13.3 Å². The molecule has 1 aromatic carbocycles. The van der Waals surface area contributed by atoms with Crippen LogP contribution in [0, 0.1) is 0 Å². The van der Waals surface area contributed by atoms with Crippen LogP contribution in [0.2, 0.25) is 0 Å². The van der Waals surface area contributed by atoms with Crippen LogP contribution in [0.4, 0.5) is 11.4 Å². The average Bonchev–Trinajstić information content (AvgIpc) is 2.29. The minimum absolute atomic E-state index is 0.0105. The van der Waals surface area contributed by atoms with Crippen LogP contribution < -0.4 is 16.2 Å². The maximum atomic E-state index is 11.2. The van der Waals surface area contributed by atoms with Gasteiger partial charge < -0.3 is 11.1 Å². The zero-order valence-corrected chi connectivity index (χ0v) is 12.6. The number of hydrogen-bond donors (Lipinski definition) is 3. The van der Waals surface area contributed by atoms with Gasteiger partial charge in [0.25, 0.3) is 0 Å². The van der Waals surface area contributed by atoms with E-state index in [-0.39, 0.29) is 10.1 Å². The molecule has 0 aromatic heterocycles. The van der Waals surface area contributed by atoms with E-state index < -0.39 is 20.8 Å². The summed E-state index contributed by atoms with van der Waals surface area (Å²) in [6.45, 7) is 2.45. The number of nitrogens with one attached hydrogen (secondary N) is 1. The third-order valence-corrected chi connectivity index (χ3v) is 5.07. The van der Waals surface area contributed by atoms with Gasteiger partial charge in [0.1, 0.15) is 0 Å². The zero-order chi connectivity index (χ0) is 14.6. The Labute approximate surface area is 116 Å². The Morgan fingerprint density at radius 3 is 2.58 bits per heavy atom. The lowest BCUT2D eigenvalue weighted by molar-refractivity contribution is 0.598. The molecule has 0 spiro atoms. The SMILES string of the molecule is CC(CCNc1cc(S(N)(=O)=O)ccc1N)S(C)=O. The molecule has 0 amide bonds. The van der Waals surface area contributed by atoms with Crippen molar-refractivity contribution in [2.24, 2.45) is 5.14 Å². The first-order chi connectivity index (χ1) is 8.71. The maximum absolute atomic E-state index is 11.2. The number of benzene rings is 1. The van der Waals surface area contributed by atoms with Crippen LogP contribution in [-0.2, 0) is 20.8 Å². The second-order valence-corrected chi connectivity index (χ2v) is 7.68. The van der Waals surface area contributed by atoms with E-state index in [1.54, 1.807) is 6.26 Å². The van der Waals surface area contributed by atoms with Crippen LogP contribution in [0.15, 0.2) is 23.1 Å². The van der Waals surface area contributed by atoms with Gasteiger partial charge in [-0.25, -0.2) is 13.6 Å². The van der Waals surface area contributed by atoms with E-state index in [9.17, 15) is 12.6 Å². The van der Waals surface area contributed by atoms with Gasteiger partial charge in [-0.05, 0) is 24.6 Å². The van der Waals surface area contributed by atoms with Gasteiger partial charge >= 0.3 is 0 Å². The number of nitrogen functional groups attached to an aromatic ring is 1. The number of anilines is 2. The van der Waals surface area contributed by atoms with Crippen molar-refractivity contribution >= 4 is 32.2 Å². The Bertz CT molecular complexity index is 573. The fourth-order valence-corrected chi connectivity index (χ4v) is 2.43. The summed E-state index contributed by atoms with van der Waals surface area (Å²) in [5.41, 5.74) is 6.71. The van der Waals surface area contributed by atoms with E-state index in [1.807, 2.05) is 6.92 Å². The molecule has 0 saturated heterocycles. The highest BCUT2D eigenvalue weighted by Gasteiger charge is 2.11. The van der Waals surface area contributed by atoms with Crippen molar-refractivity contribution in [2.75, 3.05) is 23.9 Å². The van der Waals surface area contributed by atoms with Gasteiger partial charge in [0, 0.05) is 28.9 Å². The molecule has 2 atom stereocenters. The monoisotopic (exact) mass is 305 g/mol. The third kappa shape index (κ3) is 4.81. The Morgan fingerprint density at radius 2 is 2.05 bits per heavy atom. The predicted octanol–water partition coefficient (Wildman–Crippen LogP) is 0.485. The highest BCUT2D eigenvalue weighted by atomic mass is 32.2. The van der Waals surface area contributed by atoms with E-state index >= 15 is 0 Å². The van der Waals surface area contributed by atoms with Crippen molar-refractivity contribution < 1.29 is 12.6 Å². The van der Waals surface area contributed by atoms with Crippen LogP contribution in [0.5, 0.6) is 0 Å². The first kappa shape index (κ1) is 15.9. The minimum Gasteiger partial charge on any atom is -0.397 e. The molecule has 6 nitrogen and oxygen atoms in total. The third-order valence-electron chi connectivity index (χ3n) is 2.79. The normalized spacial score (nSPS) is 14.9. The fourth-order valence-electron chi connectivity index (χ4n) is 1.44. The summed E-state index contributed by atoms with van der Waals surface area (Å²) in [4.78, 5) is 0.0105. The van der Waals surface area contributed by atoms with Crippen molar-refractivity contribution in [1.82, 2.24) is 0 Å². The molecule has 108 valence electrons. The Morgan fingerprint density at radius 1 is 1.42 bits per heavy atom. The molecule has 2 unspecified atom stereocenters. The number of nitrogens with two attached hydrogens (primary N) is 2. The molecule has 1 rings (SSSR count). The minimum atomic E-state index is -3.74. The lowest BCUT2D eigenvalue weighted by Crippen LogP contribution is -2.16. The summed E-state index contributed by atoms with van der Waals surface area (Å²) in [6.07, 6.45) is 2.35. The molecule has 19 heavy (non-hydrogen) atoms. The summed E-state index contributed by atoms with van der Waals surface area (Å²) in [5, 5.41) is 8.15. The number of hydrogen-bond acceptors (Lipinski definition) is 5. The summed E-state index contributed by atoms with van der Waals surface area (Å²) in [5.74, 6) is 0. The van der Waals surface area contributed by atoms with Crippen LogP contribution in [0.25, 0.3) is 0 Å². The van der Waals surface area contributed by atoms with Gasteiger partial charge in [-0.15, -0.1) is 0 Å². The van der Waals surface area contributed by atoms with E-state index in [4.69, 9.17) is 10.9 Å². The van der Waals surface area contributed by atoms with Crippen LogP contribution in [0.3, 0.4) is 0 Å². The van der Waals surface area contributed by atoms with E-state index in [0.717, 1.165) is 0 Å². The Kier molecular flexibility index (Phi) is 5.33. The molecule has 0 aliphatic heterocycles. The average molecular weight is 305 g/mol. The number of sulfonamides is 1. The molecular formula is C11H19N3O3S2. The summed E-state index contributed by atoms with van der Waals surface area (Å²) in [6, 6.07) is 4.25. The van der Waals surface area contributed by atoms with Gasteiger partial charge in [0.2, 0.25) is 10.0 Å². The van der Waals surface area contributed by atoms with Gasteiger partial charge in [-0.1, -0.05) is 6.92 Å². The lowest BCUT2D eigenvalue weighted by atomic mass is 10.2. The molecule has 5 N–H and O–H groups in total. The van der Waals surface area contributed by atoms with Gasteiger partial charge in [-0.3, -0.25) is 4.21 Å². The fraction of sp³-hybridized carbons (Fsp3) is 0.455. The standard InChI is InChI=1S/C11H19N3O3S2/c1-8(18(2)15)5-6-14-11-7-9(19(13,16)17)3-4-10(11)12/h3-4,7-8,14H,5-6,12H2,1-2H3,(H2,13,16,17). The lowest BCUT2D eigenvalue weighted by Gasteiger charge is -2.12. The van der Waals surface area contributed by atoms with Crippen molar-refractivity contribution in [3.8, 4) is 0 Å². The molecule has 0 aliphatic carbocycles. The first-order valence-electron chi connectivity index (χ1n) is 5.70. The molecule has 0 bridgehead atoms. The highest BCUT2D eigenvalue weighted by Crippen LogP contribution is 2.22. The van der Waals surface area contributed by atoms with E-state index in [2.05, 4.69) is 5.32 Å². The molecule has 0 saturated carbocycles. The van der Waals surface area contributed by atoms with Crippen molar-refractivity contribution in [1.29, 1.82) is 0 Å². The van der Waals surface area contributed by atoms with Gasteiger partial charge in [-0.2, -0.15) is 0 Å². The topological polar surface area (TPSA) is 115 Å². The molecule has 0 fully saturated rings. The maximum Gasteiger partial charge on any atom is 0.238 e. The van der Waals surface area contributed by atoms with Gasteiger partial charge in [0.15, 0.2) is 0 Å². The smallest absolute Gasteiger partial charge is 0.238 e. The van der Waals surface area contributed by atoms with E-state index in [1.165, 1.54) is 18.2 Å². The number of rotatable bonds is 6. The largest absolute Gasteiger partial charge is 0.397 e. The molecule has 0 heterocycles. The predicted molar refractivity (Wildman–Crippen MR) is 78.9 cm³/mol. The second kappa shape index (κ2) is 6.36. The first-order valence-corrected chi connectivity index (χ1v) is 8.87. The highest BCUT2D eigenvalue weighted by molar-refractivity contribution is 7.89. The quantitative estimate of drug-likeness (QED) is 0.661. The van der Waals surface area contributed by atoms with Crippen LogP contribution >= 0.6 is 0 Å². The van der Waals surface area contributed by atoms with Crippen molar-refractivity contribution in [3.63, 3.8) is 0 Å². The Balaban J connectivity index is 2.76. The molecule has 0 aliphatic rings. The van der Waals surface area contributed by atoms with E-state index in [0.29, 0.717) is 24.3 Å². The molecular weight excluding hydrogens is 286 g/mol. The summed E-state index contributed by atoms with van der Waals surface area (Å²) < 4.78 is 33.7. The van der Waals surface area contributed by atoms with Gasteiger partial charge in [0.05, 0.1) is 16.3 Å². The zero-order valence-electron chi connectivity index (χ0n) is 10.9. The molecule has 0 radical (unpaired) electrons. The Hall–Kier alpha value is -1.12. The molecule has 1 aromatic rings. The molecule has 8 heteroatoms. The van der Waals surface area contributed by atoms with Crippen molar-refractivity contribution in [2.45, 2.75) is 23.5 Å². The summed E-state index contributed by atoms with van der Waals surface area (Å²) in [7, 11) is -4.62. The summed E-state index contributed by atoms with van der Waals surface area (Å²) >= 11 is 0.